The van der Waals surface area contributed by atoms with Crippen LogP contribution in [0.1, 0.15) is 0 Å². The number of benzene rings is 1. The van der Waals surface area contributed by atoms with Gasteiger partial charge in [0.1, 0.15) is 4.90 Å². The predicted molar refractivity (Wildman–Crippen MR) is 73.8 cm³/mol. The Morgan fingerprint density at radius 3 is 2.84 bits per heavy atom. The highest BCUT2D eigenvalue weighted by molar-refractivity contribution is 9.10. The predicted octanol–water partition coefficient (Wildman–Crippen LogP) is 0.601. The molecule has 0 atom stereocenters. The highest BCUT2D eigenvalue weighted by Crippen LogP contribution is 2.22. The summed E-state index contributed by atoms with van der Waals surface area (Å²) >= 11 is 3.23. The Hall–Kier alpha value is -1.45. The van der Waals surface area contributed by atoms with E-state index >= 15 is 0 Å². The van der Waals surface area contributed by atoms with E-state index in [1.807, 2.05) is 0 Å². The molecule has 0 amide bonds. The van der Waals surface area contributed by atoms with E-state index in [1.54, 1.807) is 18.3 Å². The Bertz CT molecular complexity index is 657. The number of hydrogen-bond acceptors (Lipinski definition) is 5. The quantitative estimate of drug-likeness (QED) is 0.772. The van der Waals surface area contributed by atoms with Gasteiger partial charge in [-0.3, -0.25) is 4.68 Å². The summed E-state index contributed by atoms with van der Waals surface area (Å²) in [6.07, 6.45) is 3.18. The fourth-order valence-electron chi connectivity index (χ4n) is 1.49. The van der Waals surface area contributed by atoms with Crippen LogP contribution in [0.25, 0.3) is 0 Å². The van der Waals surface area contributed by atoms with Gasteiger partial charge >= 0.3 is 0 Å². The molecule has 0 aliphatic carbocycles. The number of rotatable bonds is 5. The van der Waals surface area contributed by atoms with Crippen molar-refractivity contribution in [1.82, 2.24) is 19.7 Å². The molecule has 1 heterocycles. The van der Waals surface area contributed by atoms with Crippen molar-refractivity contribution in [2.45, 2.75) is 11.4 Å². The van der Waals surface area contributed by atoms with Gasteiger partial charge in [0.05, 0.1) is 18.4 Å². The second-order valence-corrected chi connectivity index (χ2v) is 6.40. The summed E-state index contributed by atoms with van der Waals surface area (Å²) in [7, 11) is -3.62. The molecule has 0 radical (unpaired) electrons. The zero-order valence-electron chi connectivity index (χ0n) is 9.82. The molecule has 7 nitrogen and oxygen atoms in total. The van der Waals surface area contributed by atoms with E-state index < -0.39 is 10.0 Å². The lowest BCUT2D eigenvalue weighted by molar-refractivity contribution is 0.553. The molecule has 0 unspecified atom stereocenters. The van der Waals surface area contributed by atoms with E-state index in [0.29, 0.717) is 6.54 Å². The number of sulfonamides is 1. The molecule has 1 aromatic carbocycles. The summed E-state index contributed by atoms with van der Waals surface area (Å²) in [5.74, 6) is 0. The molecule has 2 rings (SSSR count). The molecule has 0 bridgehead atoms. The minimum Gasteiger partial charge on any atom is -0.398 e. The third kappa shape index (κ3) is 3.52. The Kier molecular flexibility index (Phi) is 4.17. The van der Waals surface area contributed by atoms with Gasteiger partial charge in [0, 0.05) is 17.2 Å². The van der Waals surface area contributed by atoms with Crippen LogP contribution in [0.15, 0.2) is 40.0 Å². The van der Waals surface area contributed by atoms with Gasteiger partial charge in [0.15, 0.2) is 0 Å². The molecule has 0 saturated heterocycles. The first kappa shape index (κ1) is 14.0. The Morgan fingerprint density at radius 2 is 2.21 bits per heavy atom. The maximum Gasteiger partial charge on any atom is 0.242 e. The largest absolute Gasteiger partial charge is 0.398 e. The fourth-order valence-corrected chi connectivity index (χ4v) is 3.00. The van der Waals surface area contributed by atoms with Crippen LogP contribution in [0.5, 0.6) is 0 Å². The van der Waals surface area contributed by atoms with Crippen LogP contribution in [0, 0.1) is 0 Å². The molecular weight excluding hydrogens is 334 g/mol. The van der Waals surface area contributed by atoms with Crippen molar-refractivity contribution >= 4 is 31.6 Å². The molecule has 3 N–H and O–H groups in total. The van der Waals surface area contributed by atoms with Crippen molar-refractivity contribution in [2.75, 3.05) is 12.3 Å². The number of aromatic nitrogens is 3. The standard InChI is InChI=1S/C10H12BrN5O2S/c11-8-1-2-10(9(12)7-8)19(17,18)14-4-6-16-5-3-13-15-16/h1-3,5,7,14H,4,6,12H2. The van der Waals surface area contributed by atoms with Crippen LogP contribution in [0.2, 0.25) is 0 Å². The van der Waals surface area contributed by atoms with Crippen LogP contribution < -0.4 is 10.5 Å². The van der Waals surface area contributed by atoms with Crippen LogP contribution in [0.4, 0.5) is 5.69 Å². The topological polar surface area (TPSA) is 103 Å². The van der Waals surface area contributed by atoms with E-state index in [0.717, 1.165) is 4.47 Å². The SMILES string of the molecule is Nc1cc(Br)ccc1S(=O)(=O)NCCn1ccnn1. The van der Waals surface area contributed by atoms with Gasteiger partial charge in [0.25, 0.3) is 0 Å². The fraction of sp³-hybridized carbons (Fsp3) is 0.200. The maximum absolute atomic E-state index is 12.0. The molecule has 0 spiro atoms. The van der Waals surface area contributed by atoms with Crippen molar-refractivity contribution in [3.05, 3.63) is 35.1 Å². The minimum absolute atomic E-state index is 0.0642. The van der Waals surface area contributed by atoms with Crippen molar-refractivity contribution < 1.29 is 8.42 Å². The first-order chi connectivity index (χ1) is 8.99. The summed E-state index contributed by atoms with van der Waals surface area (Å²) in [5.41, 5.74) is 5.89. The van der Waals surface area contributed by atoms with Crippen molar-refractivity contribution in [2.24, 2.45) is 0 Å². The number of halogens is 1. The van der Waals surface area contributed by atoms with E-state index in [-0.39, 0.29) is 17.1 Å². The highest BCUT2D eigenvalue weighted by atomic mass is 79.9. The number of hydrogen-bond donors (Lipinski definition) is 2. The van der Waals surface area contributed by atoms with Gasteiger partial charge in [-0.2, -0.15) is 0 Å². The van der Waals surface area contributed by atoms with Crippen LogP contribution in [-0.4, -0.2) is 30.0 Å². The smallest absolute Gasteiger partial charge is 0.242 e. The summed E-state index contributed by atoms with van der Waals surface area (Å²) in [6.45, 7) is 0.608. The first-order valence-corrected chi connectivity index (χ1v) is 7.65. The number of anilines is 1. The molecule has 0 fully saturated rings. The van der Waals surface area contributed by atoms with Gasteiger partial charge in [0.2, 0.25) is 10.0 Å². The molecule has 9 heteroatoms. The average molecular weight is 346 g/mol. The monoisotopic (exact) mass is 345 g/mol. The Morgan fingerprint density at radius 1 is 1.42 bits per heavy atom. The molecule has 0 saturated carbocycles. The maximum atomic E-state index is 12.0. The van der Waals surface area contributed by atoms with Crippen molar-refractivity contribution in [1.29, 1.82) is 0 Å². The minimum atomic E-state index is -3.62. The summed E-state index contributed by atoms with van der Waals surface area (Å²) in [4.78, 5) is 0.0642. The lowest BCUT2D eigenvalue weighted by Crippen LogP contribution is -2.28. The number of nitrogen functional groups attached to an aromatic ring is 1. The van der Waals surface area contributed by atoms with E-state index in [2.05, 4.69) is 31.0 Å². The zero-order chi connectivity index (χ0) is 13.9. The van der Waals surface area contributed by atoms with Gasteiger partial charge < -0.3 is 5.73 Å². The molecule has 102 valence electrons. The second-order valence-electron chi connectivity index (χ2n) is 3.75. The van der Waals surface area contributed by atoms with Crippen LogP contribution >= 0.6 is 15.9 Å². The molecule has 19 heavy (non-hydrogen) atoms. The number of nitrogens with one attached hydrogen (secondary N) is 1. The molecule has 0 aliphatic rings. The van der Waals surface area contributed by atoms with E-state index in [1.165, 1.54) is 16.9 Å². The lowest BCUT2D eigenvalue weighted by Gasteiger charge is -2.09. The van der Waals surface area contributed by atoms with Gasteiger partial charge in [-0.05, 0) is 18.2 Å². The van der Waals surface area contributed by atoms with Crippen LogP contribution in [-0.2, 0) is 16.6 Å². The molecule has 2 aromatic rings. The van der Waals surface area contributed by atoms with Crippen molar-refractivity contribution in [3.63, 3.8) is 0 Å². The first-order valence-electron chi connectivity index (χ1n) is 5.38. The van der Waals surface area contributed by atoms with Crippen LogP contribution in [0.3, 0.4) is 0 Å². The second kappa shape index (κ2) is 5.68. The summed E-state index contributed by atoms with van der Waals surface area (Å²) in [6, 6.07) is 4.63. The zero-order valence-corrected chi connectivity index (χ0v) is 12.2. The highest BCUT2D eigenvalue weighted by Gasteiger charge is 2.16. The number of nitrogens with two attached hydrogens (primary N) is 1. The average Bonchev–Trinajstić information content (AvgIpc) is 2.81. The summed E-state index contributed by atoms with van der Waals surface area (Å²) in [5, 5.41) is 7.37. The molecule has 1 aromatic heterocycles. The van der Waals surface area contributed by atoms with Gasteiger partial charge in [-0.15, -0.1) is 5.10 Å². The van der Waals surface area contributed by atoms with E-state index in [4.69, 9.17) is 5.73 Å². The van der Waals surface area contributed by atoms with E-state index in [9.17, 15) is 8.42 Å². The van der Waals surface area contributed by atoms with Gasteiger partial charge in [-0.25, -0.2) is 13.1 Å². The molecule has 0 aliphatic heterocycles. The number of nitrogens with zero attached hydrogens (tertiary/aromatic N) is 3. The van der Waals surface area contributed by atoms with Gasteiger partial charge in [-0.1, -0.05) is 21.1 Å². The molecular formula is C10H12BrN5O2S. The lowest BCUT2D eigenvalue weighted by atomic mass is 10.3. The third-order valence-electron chi connectivity index (χ3n) is 2.37. The Labute approximate surface area is 119 Å². The summed E-state index contributed by atoms with van der Waals surface area (Å²) < 4.78 is 28.8. The Balaban J connectivity index is 2.05. The third-order valence-corrected chi connectivity index (χ3v) is 4.39. The normalized spacial score (nSPS) is 11.6. The van der Waals surface area contributed by atoms with Crippen molar-refractivity contribution in [3.8, 4) is 0 Å².